The minimum atomic E-state index is -0.503. The first-order valence-corrected chi connectivity index (χ1v) is 5.28. The number of methoxy groups -OCH3 is 1. The Morgan fingerprint density at radius 1 is 1.56 bits per heavy atom. The second kappa shape index (κ2) is 4.61. The number of carbonyl (C=O) groups is 1. The van der Waals surface area contributed by atoms with Gasteiger partial charge in [0.05, 0.1) is 12.7 Å². The SMILES string of the molecule is COc1ccc(C(=O)CC2CNC2)c(F)c1. The standard InChI is InChI=1S/C12H14FNO2/c1-16-9-2-3-10(11(13)5-9)12(15)4-8-6-14-7-8/h2-3,5,8,14H,4,6-7H2,1H3. The number of ketones is 1. The monoisotopic (exact) mass is 223 g/mol. The molecular formula is C12H14FNO2. The molecule has 0 spiro atoms. The van der Waals surface area contributed by atoms with Gasteiger partial charge in [-0.15, -0.1) is 0 Å². The van der Waals surface area contributed by atoms with E-state index in [9.17, 15) is 9.18 Å². The van der Waals surface area contributed by atoms with Crippen molar-refractivity contribution < 1.29 is 13.9 Å². The zero-order chi connectivity index (χ0) is 11.5. The highest BCUT2D eigenvalue weighted by molar-refractivity contribution is 5.96. The van der Waals surface area contributed by atoms with Crippen LogP contribution in [0.4, 0.5) is 4.39 Å². The molecule has 16 heavy (non-hydrogen) atoms. The molecule has 0 aliphatic carbocycles. The third-order valence-electron chi connectivity index (χ3n) is 2.82. The summed E-state index contributed by atoms with van der Waals surface area (Å²) in [5.74, 6) is 0.150. The Morgan fingerprint density at radius 3 is 2.81 bits per heavy atom. The summed E-state index contributed by atoms with van der Waals surface area (Å²) in [7, 11) is 1.47. The zero-order valence-electron chi connectivity index (χ0n) is 9.13. The molecule has 3 nitrogen and oxygen atoms in total. The maximum absolute atomic E-state index is 13.5. The van der Waals surface area contributed by atoms with Crippen LogP contribution in [0.15, 0.2) is 18.2 Å². The lowest BCUT2D eigenvalue weighted by Gasteiger charge is -2.26. The topological polar surface area (TPSA) is 38.3 Å². The first-order valence-electron chi connectivity index (χ1n) is 5.28. The predicted molar refractivity (Wildman–Crippen MR) is 58.3 cm³/mol. The number of Topliss-reactive ketones (excluding diaryl/α,β-unsaturated/α-hetero) is 1. The molecule has 1 heterocycles. The van der Waals surface area contributed by atoms with E-state index in [1.807, 2.05) is 0 Å². The van der Waals surface area contributed by atoms with Crippen LogP contribution >= 0.6 is 0 Å². The van der Waals surface area contributed by atoms with Gasteiger partial charge in [-0.25, -0.2) is 4.39 Å². The van der Waals surface area contributed by atoms with Gasteiger partial charge in [-0.05, 0) is 31.1 Å². The maximum Gasteiger partial charge on any atom is 0.166 e. The molecule has 2 rings (SSSR count). The van der Waals surface area contributed by atoms with E-state index in [1.54, 1.807) is 6.07 Å². The second-order valence-electron chi connectivity index (χ2n) is 4.00. The van der Waals surface area contributed by atoms with E-state index in [2.05, 4.69) is 5.32 Å². The molecule has 1 aliphatic rings. The van der Waals surface area contributed by atoms with Gasteiger partial charge >= 0.3 is 0 Å². The van der Waals surface area contributed by atoms with E-state index < -0.39 is 5.82 Å². The van der Waals surface area contributed by atoms with Crippen molar-refractivity contribution in [2.24, 2.45) is 5.92 Å². The minimum absolute atomic E-state index is 0.133. The van der Waals surface area contributed by atoms with Crippen LogP contribution in [0.5, 0.6) is 5.75 Å². The highest BCUT2D eigenvalue weighted by Crippen LogP contribution is 2.20. The van der Waals surface area contributed by atoms with Gasteiger partial charge in [0.2, 0.25) is 0 Å². The molecule has 0 atom stereocenters. The van der Waals surface area contributed by atoms with Gasteiger partial charge in [-0.1, -0.05) is 0 Å². The summed E-state index contributed by atoms with van der Waals surface area (Å²) in [5.41, 5.74) is 0.160. The molecule has 0 aromatic heterocycles. The molecule has 4 heteroatoms. The van der Waals surface area contributed by atoms with Crippen molar-refractivity contribution >= 4 is 5.78 Å². The van der Waals surface area contributed by atoms with Crippen LogP contribution in [-0.2, 0) is 0 Å². The highest BCUT2D eigenvalue weighted by atomic mass is 19.1. The largest absolute Gasteiger partial charge is 0.497 e. The number of ether oxygens (including phenoxy) is 1. The summed E-state index contributed by atoms with van der Waals surface area (Å²) >= 11 is 0. The van der Waals surface area contributed by atoms with Gasteiger partial charge in [0.25, 0.3) is 0 Å². The van der Waals surface area contributed by atoms with E-state index >= 15 is 0 Å². The van der Waals surface area contributed by atoms with E-state index in [1.165, 1.54) is 19.2 Å². The fourth-order valence-corrected chi connectivity index (χ4v) is 1.71. The molecule has 0 unspecified atom stereocenters. The number of benzene rings is 1. The number of hydrogen-bond donors (Lipinski definition) is 1. The van der Waals surface area contributed by atoms with E-state index in [0.29, 0.717) is 18.1 Å². The highest BCUT2D eigenvalue weighted by Gasteiger charge is 2.22. The third-order valence-corrected chi connectivity index (χ3v) is 2.82. The number of halogens is 1. The van der Waals surface area contributed by atoms with Crippen LogP contribution in [0.25, 0.3) is 0 Å². The van der Waals surface area contributed by atoms with E-state index in [-0.39, 0.29) is 11.3 Å². The molecule has 0 bridgehead atoms. The molecule has 1 fully saturated rings. The third kappa shape index (κ3) is 2.22. The molecule has 86 valence electrons. The minimum Gasteiger partial charge on any atom is -0.497 e. The Bertz CT molecular complexity index is 402. The molecular weight excluding hydrogens is 209 g/mol. The molecule has 1 N–H and O–H groups in total. The summed E-state index contributed by atoms with van der Waals surface area (Å²) in [6, 6.07) is 4.34. The van der Waals surface area contributed by atoms with Gasteiger partial charge in [-0.3, -0.25) is 4.79 Å². The lowest BCUT2D eigenvalue weighted by atomic mass is 9.93. The first-order chi connectivity index (χ1) is 7.70. The fourth-order valence-electron chi connectivity index (χ4n) is 1.71. The lowest BCUT2D eigenvalue weighted by Crippen LogP contribution is -2.43. The second-order valence-corrected chi connectivity index (χ2v) is 4.00. The summed E-state index contributed by atoms with van der Waals surface area (Å²) in [5, 5.41) is 3.08. The van der Waals surface area contributed by atoms with Gasteiger partial charge in [0, 0.05) is 12.5 Å². The first kappa shape index (κ1) is 11.1. The van der Waals surface area contributed by atoms with Crippen LogP contribution in [0.2, 0.25) is 0 Å². The van der Waals surface area contributed by atoms with Crippen molar-refractivity contribution in [3.63, 3.8) is 0 Å². The van der Waals surface area contributed by atoms with Crippen LogP contribution in [-0.4, -0.2) is 26.0 Å². The van der Waals surface area contributed by atoms with Gasteiger partial charge in [0.15, 0.2) is 5.78 Å². The number of nitrogens with one attached hydrogen (secondary N) is 1. The summed E-state index contributed by atoms with van der Waals surface area (Å²) < 4.78 is 18.4. The van der Waals surface area contributed by atoms with Crippen LogP contribution in [0.3, 0.4) is 0 Å². The Balaban J connectivity index is 2.09. The van der Waals surface area contributed by atoms with Gasteiger partial charge < -0.3 is 10.1 Å². The van der Waals surface area contributed by atoms with Crippen molar-refractivity contribution in [2.45, 2.75) is 6.42 Å². The molecule has 0 saturated carbocycles. The molecule has 1 saturated heterocycles. The van der Waals surface area contributed by atoms with Gasteiger partial charge in [-0.2, -0.15) is 0 Å². The average molecular weight is 223 g/mol. The molecule has 1 aromatic rings. The molecule has 0 amide bonds. The molecule has 1 aliphatic heterocycles. The lowest BCUT2D eigenvalue weighted by molar-refractivity contribution is 0.0941. The van der Waals surface area contributed by atoms with Crippen molar-refractivity contribution in [1.29, 1.82) is 0 Å². The predicted octanol–water partition coefficient (Wildman–Crippen LogP) is 1.63. The van der Waals surface area contributed by atoms with Crippen molar-refractivity contribution in [2.75, 3.05) is 20.2 Å². The van der Waals surface area contributed by atoms with Crippen molar-refractivity contribution in [3.8, 4) is 5.75 Å². The Kier molecular flexibility index (Phi) is 3.19. The number of carbonyl (C=O) groups excluding carboxylic acids is 1. The summed E-state index contributed by atoms with van der Waals surface area (Å²) in [6.45, 7) is 1.70. The number of rotatable bonds is 4. The normalized spacial score (nSPS) is 15.6. The Labute approximate surface area is 93.6 Å². The quantitative estimate of drug-likeness (QED) is 0.788. The van der Waals surface area contributed by atoms with Gasteiger partial charge in [0.1, 0.15) is 11.6 Å². The maximum atomic E-state index is 13.5. The fraction of sp³-hybridized carbons (Fsp3) is 0.417. The van der Waals surface area contributed by atoms with Crippen LogP contribution < -0.4 is 10.1 Å². The number of hydrogen-bond acceptors (Lipinski definition) is 3. The smallest absolute Gasteiger partial charge is 0.166 e. The summed E-state index contributed by atoms with van der Waals surface area (Å²) in [4.78, 5) is 11.8. The molecule has 1 aromatic carbocycles. The van der Waals surface area contributed by atoms with E-state index in [0.717, 1.165) is 13.1 Å². The van der Waals surface area contributed by atoms with Crippen molar-refractivity contribution in [1.82, 2.24) is 5.32 Å². The summed E-state index contributed by atoms with van der Waals surface area (Å²) in [6.07, 6.45) is 0.413. The van der Waals surface area contributed by atoms with Crippen LogP contribution in [0.1, 0.15) is 16.8 Å². The van der Waals surface area contributed by atoms with Crippen molar-refractivity contribution in [3.05, 3.63) is 29.6 Å². The van der Waals surface area contributed by atoms with E-state index in [4.69, 9.17) is 4.74 Å². The van der Waals surface area contributed by atoms with Crippen LogP contribution in [0, 0.1) is 11.7 Å². The molecule has 0 radical (unpaired) electrons. The Morgan fingerprint density at radius 2 is 2.31 bits per heavy atom. The average Bonchev–Trinajstić information content (AvgIpc) is 2.23. The zero-order valence-corrected chi connectivity index (χ0v) is 9.13. The Hall–Kier alpha value is -1.42.